The highest BCUT2D eigenvalue weighted by Gasteiger charge is 2.10. The number of hydrogen-bond donors (Lipinski definition) is 0. The minimum atomic E-state index is 0.836. The zero-order valence-electron chi connectivity index (χ0n) is 12.3. The summed E-state index contributed by atoms with van der Waals surface area (Å²) in [5.41, 5.74) is 1.30. The molecule has 6 heteroatoms. The van der Waals surface area contributed by atoms with Gasteiger partial charge in [0, 0.05) is 11.3 Å². The molecule has 0 bridgehead atoms. The van der Waals surface area contributed by atoms with Crippen LogP contribution in [0.25, 0.3) is 17.1 Å². The molecule has 1 aromatic carbocycles. The van der Waals surface area contributed by atoms with Crippen molar-refractivity contribution in [2.24, 2.45) is 0 Å². The Bertz CT molecular complexity index is 920. The Morgan fingerprint density at radius 1 is 0.957 bits per heavy atom. The molecule has 3 heterocycles. The van der Waals surface area contributed by atoms with Gasteiger partial charge < -0.3 is 0 Å². The molecule has 0 radical (unpaired) electrons. The number of hydrogen-bond acceptors (Lipinski definition) is 5. The highest BCUT2D eigenvalue weighted by Crippen LogP contribution is 2.19. The Labute approximate surface area is 141 Å². The van der Waals surface area contributed by atoms with Gasteiger partial charge in [-0.2, -0.15) is 9.61 Å². The second-order valence-electron chi connectivity index (χ2n) is 5.09. The molecular weight excluding hydrogens is 324 g/mol. The van der Waals surface area contributed by atoms with Crippen molar-refractivity contribution in [3.63, 3.8) is 0 Å². The summed E-state index contributed by atoms with van der Waals surface area (Å²) in [6, 6.07) is 14.6. The fourth-order valence-electron chi connectivity index (χ4n) is 2.34. The van der Waals surface area contributed by atoms with Crippen LogP contribution in [0.3, 0.4) is 0 Å². The van der Waals surface area contributed by atoms with Crippen LogP contribution in [0.5, 0.6) is 0 Å². The Morgan fingerprint density at radius 3 is 2.70 bits per heavy atom. The Kier molecular flexibility index (Phi) is 4.00. The summed E-state index contributed by atoms with van der Waals surface area (Å²) in [5, 5.41) is 16.1. The lowest BCUT2D eigenvalue weighted by molar-refractivity contribution is 0.790. The Hall–Kier alpha value is -2.31. The van der Waals surface area contributed by atoms with Gasteiger partial charge in [-0.3, -0.25) is 0 Å². The fraction of sp³-hybridized carbons (Fsp3) is 0.118. The quantitative estimate of drug-likeness (QED) is 0.548. The predicted octanol–water partition coefficient (Wildman–Crippen LogP) is 4.20. The monoisotopic (exact) mass is 338 g/mol. The van der Waals surface area contributed by atoms with Crippen molar-refractivity contribution in [1.82, 2.24) is 19.8 Å². The summed E-state index contributed by atoms with van der Waals surface area (Å²) in [6.07, 6.45) is 5.90. The molecule has 0 spiro atoms. The molecule has 0 aliphatic heterocycles. The molecule has 114 valence electrons. The number of benzene rings is 1. The topological polar surface area (TPSA) is 43.1 Å². The fourth-order valence-corrected chi connectivity index (χ4v) is 3.71. The number of rotatable bonds is 5. The lowest BCUT2D eigenvalue weighted by atomic mass is 10.1. The van der Waals surface area contributed by atoms with Gasteiger partial charge in [-0.15, -0.1) is 21.5 Å². The maximum absolute atomic E-state index is 4.61. The maximum atomic E-state index is 4.61. The molecule has 0 amide bonds. The van der Waals surface area contributed by atoms with Crippen molar-refractivity contribution < 1.29 is 0 Å². The summed E-state index contributed by atoms with van der Waals surface area (Å²) in [5.74, 6) is 0.913. The molecule has 0 atom stereocenters. The molecule has 0 saturated carbocycles. The predicted molar refractivity (Wildman–Crippen MR) is 95.8 cm³/mol. The molecule has 4 aromatic rings. The second-order valence-corrected chi connectivity index (χ2v) is 7.05. The summed E-state index contributed by atoms with van der Waals surface area (Å²) in [4.78, 5) is 2.07. The number of fused-ring (bicyclic) bond motifs is 1. The average Bonchev–Trinajstić information content (AvgIpc) is 3.29. The Morgan fingerprint density at radius 2 is 1.87 bits per heavy atom. The van der Waals surface area contributed by atoms with Crippen LogP contribution < -0.4 is 0 Å². The van der Waals surface area contributed by atoms with Crippen molar-refractivity contribution >= 4 is 39.8 Å². The second kappa shape index (κ2) is 6.44. The van der Waals surface area contributed by atoms with E-state index in [0.29, 0.717) is 0 Å². The minimum absolute atomic E-state index is 0.836. The largest absolute Gasteiger partial charge is 0.234 e. The molecule has 0 N–H and O–H groups in total. The van der Waals surface area contributed by atoms with E-state index in [1.165, 1.54) is 10.4 Å². The summed E-state index contributed by atoms with van der Waals surface area (Å²) in [7, 11) is 0. The molecule has 0 saturated heterocycles. The highest BCUT2D eigenvalue weighted by atomic mass is 32.1. The first-order chi connectivity index (χ1) is 11.4. The standard InChI is InChI=1S/C17H14N4S2/c1-2-5-13(6-3-1)8-10-15-18-19-17-21(15)20-16(23-17)11-9-14-7-4-12-22-14/h1-7,9,11-12H,8,10H2/b11-9+. The number of aromatic nitrogens is 4. The molecule has 0 aliphatic rings. The van der Waals surface area contributed by atoms with Gasteiger partial charge in [0.1, 0.15) is 5.01 Å². The minimum Gasteiger partial charge on any atom is -0.187 e. The first-order valence-corrected chi connectivity index (χ1v) is 9.05. The van der Waals surface area contributed by atoms with Crippen molar-refractivity contribution in [2.75, 3.05) is 0 Å². The van der Waals surface area contributed by atoms with E-state index < -0.39 is 0 Å². The van der Waals surface area contributed by atoms with E-state index in [2.05, 4.69) is 57.1 Å². The van der Waals surface area contributed by atoms with E-state index in [9.17, 15) is 0 Å². The van der Waals surface area contributed by atoms with Crippen LogP contribution in [0.1, 0.15) is 21.3 Å². The van der Waals surface area contributed by atoms with E-state index in [4.69, 9.17) is 0 Å². The van der Waals surface area contributed by atoms with Crippen LogP contribution in [0, 0.1) is 0 Å². The third-order valence-corrected chi connectivity index (χ3v) is 5.19. The maximum Gasteiger partial charge on any atom is 0.234 e. The van der Waals surface area contributed by atoms with Gasteiger partial charge in [-0.1, -0.05) is 47.7 Å². The average molecular weight is 338 g/mol. The molecule has 0 fully saturated rings. The van der Waals surface area contributed by atoms with Gasteiger partial charge in [0.25, 0.3) is 0 Å². The smallest absolute Gasteiger partial charge is 0.187 e. The molecular formula is C17H14N4S2. The first-order valence-electron chi connectivity index (χ1n) is 7.35. The zero-order valence-corrected chi connectivity index (χ0v) is 13.9. The molecule has 4 rings (SSSR count). The number of aryl methyl sites for hydroxylation is 2. The van der Waals surface area contributed by atoms with E-state index >= 15 is 0 Å². The number of nitrogens with zero attached hydrogens (tertiary/aromatic N) is 4. The van der Waals surface area contributed by atoms with Crippen molar-refractivity contribution in [3.05, 3.63) is 69.1 Å². The van der Waals surface area contributed by atoms with Gasteiger partial charge in [0.2, 0.25) is 4.96 Å². The molecule has 3 aromatic heterocycles. The zero-order chi connectivity index (χ0) is 15.5. The van der Waals surface area contributed by atoms with Crippen LogP contribution in [-0.2, 0) is 12.8 Å². The van der Waals surface area contributed by atoms with E-state index in [1.807, 2.05) is 22.7 Å². The third kappa shape index (κ3) is 3.23. The number of thiophene rings is 1. The third-order valence-electron chi connectivity index (χ3n) is 3.48. The summed E-state index contributed by atoms with van der Waals surface area (Å²) >= 11 is 3.27. The first kappa shape index (κ1) is 14.3. The summed E-state index contributed by atoms with van der Waals surface area (Å²) < 4.78 is 1.86. The van der Waals surface area contributed by atoms with E-state index in [0.717, 1.165) is 28.6 Å². The van der Waals surface area contributed by atoms with E-state index in [-0.39, 0.29) is 0 Å². The van der Waals surface area contributed by atoms with Crippen LogP contribution in [0.4, 0.5) is 0 Å². The Balaban J connectivity index is 1.52. The molecule has 0 aliphatic carbocycles. The van der Waals surface area contributed by atoms with Crippen molar-refractivity contribution in [2.45, 2.75) is 12.8 Å². The van der Waals surface area contributed by atoms with Crippen LogP contribution in [0.15, 0.2) is 47.8 Å². The van der Waals surface area contributed by atoms with Crippen LogP contribution in [-0.4, -0.2) is 19.8 Å². The van der Waals surface area contributed by atoms with Crippen molar-refractivity contribution in [1.29, 1.82) is 0 Å². The van der Waals surface area contributed by atoms with Gasteiger partial charge in [-0.25, -0.2) is 0 Å². The van der Waals surface area contributed by atoms with Crippen LogP contribution in [0.2, 0.25) is 0 Å². The van der Waals surface area contributed by atoms with E-state index in [1.54, 1.807) is 22.7 Å². The lowest BCUT2D eigenvalue weighted by Crippen LogP contribution is -1.99. The summed E-state index contributed by atoms with van der Waals surface area (Å²) in [6.45, 7) is 0. The van der Waals surface area contributed by atoms with Gasteiger partial charge in [-0.05, 0) is 35.6 Å². The molecule has 23 heavy (non-hydrogen) atoms. The van der Waals surface area contributed by atoms with Gasteiger partial charge in [0.05, 0.1) is 0 Å². The molecule has 0 unspecified atom stereocenters. The van der Waals surface area contributed by atoms with Crippen molar-refractivity contribution in [3.8, 4) is 0 Å². The normalized spacial score (nSPS) is 11.7. The van der Waals surface area contributed by atoms with Gasteiger partial charge in [0.15, 0.2) is 5.82 Å². The molecule has 4 nitrogen and oxygen atoms in total. The SMILES string of the molecule is C(=C\c1nn2c(CCc3ccccc3)nnc2s1)/c1cccs1. The van der Waals surface area contributed by atoms with Gasteiger partial charge >= 0.3 is 0 Å². The van der Waals surface area contributed by atoms with Crippen LogP contribution >= 0.6 is 22.7 Å². The lowest BCUT2D eigenvalue weighted by Gasteiger charge is -1.98. The highest BCUT2D eigenvalue weighted by molar-refractivity contribution is 7.17.